The lowest BCUT2D eigenvalue weighted by Gasteiger charge is -2.09. The molecule has 0 spiro atoms. The summed E-state index contributed by atoms with van der Waals surface area (Å²) >= 11 is 6.00. The molecule has 0 aliphatic carbocycles. The van der Waals surface area contributed by atoms with E-state index < -0.39 is 11.9 Å². The number of benzene rings is 2. The van der Waals surface area contributed by atoms with E-state index in [0.29, 0.717) is 32.6 Å². The number of nitrogens with one attached hydrogen (secondary N) is 1. The zero-order chi connectivity index (χ0) is 18.1. The minimum Gasteiger partial charge on any atom is -0.481 e. The summed E-state index contributed by atoms with van der Waals surface area (Å²) in [6.45, 7) is 1.54. The molecule has 1 heterocycles. The number of aromatic nitrogens is 1. The van der Waals surface area contributed by atoms with E-state index in [-0.39, 0.29) is 11.5 Å². The van der Waals surface area contributed by atoms with Gasteiger partial charge in [-0.25, -0.2) is 0 Å². The van der Waals surface area contributed by atoms with Crippen molar-refractivity contribution < 1.29 is 14.7 Å². The Morgan fingerprint density at radius 2 is 1.88 bits per heavy atom. The zero-order valence-electron chi connectivity index (χ0n) is 13.2. The summed E-state index contributed by atoms with van der Waals surface area (Å²) in [7, 11) is 0. The molecule has 25 heavy (non-hydrogen) atoms. The van der Waals surface area contributed by atoms with Gasteiger partial charge in [0.05, 0.1) is 23.2 Å². The van der Waals surface area contributed by atoms with E-state index in [1.165, 1.54) is 6.92 Å². The Labute approximate surface area is 148 Å². The number of halogens is 1. The van der Waals surface area contributed by atoms with Crippen LogP contribution in [-0.2, 0) is 4.79 Å². The third kappa shape index (κ3) is 3.00. The first-order chi connectivity index (χ1) is 11.9. The second kappa shape index (κ2) is 6.42. The van der Waals surface area contributed by atoms with Crippen molar-refractivity contribution in [1.82, 2.24) is 4.98 Å². The Bertz CT molecular complexity index is 1030. The van der Waals surface area contributed by atoms with Gasteiger partial charge in [-0.1, -0.05) is 17.7 Å². The number of hydrogen-bond acceptors (Lipinski definition) is 3. The standard InChI is InChI=1S/C19H13ClN2O3/c1-10(19(24)25)16-14-7-6-13(20)8-15(14)22-17(16)18(23)12-4-2-11(9-21)3-5-12/h2-8,10,22H,1H3,(H,24,25). The number of carbonyl (C=O) groups excluding carboxylic acids is 1. The first-order valence-corrected chi connectivity index (χ1v) is 7.89. The first-order valence-electron chi connectivity index (χ1n) is 7.51. The molecule has 1 atom stereocenters. The van der Waals surface area contributed by atoms with Crippen LogP contribution in [0.3, 0.4) is 0 Å². The molecule has 0 saturated carbocycles. The van der Waals surface area contributed by atoms with Crippen molar-refractivity contribution in [2.24, 2.45) is 0 Å². The molecule has 1 aromatic heterocycles. The lowest BCUT2D eigenvalue weighted by atomic mass is 9.94. The molecule has 124 valence electrons. The molecule has 0 bridgehead atoms. The highest BCUT2D eigenvalue weighted by Crippen LogP contribution is 2.32. The molecular formula is C19H13ClN2O3. The summed E-state index contributed by atoms with van der Waals surface area (Å²) in [5.74, 6) is -2.23. The summed E-state index contributed by atoms with van der Waals surface area (Å²) < 4.78 is 0. The van der Waals surface area contributed by atoms with Gasteiger partial charge in [0.25, 0.3) is 0 Å². The van der Waals surface area contributed by atoms with E-state index in [2.05, 4.69) is 4.98 Å². The van der Waals surface area contributed by atoms with E-state index in [1.54, 1.807) is 42.5 Å². The number of carboxylic acids is 1. The number of aromatic amines is 1. The van der Waals surface area contributed by atoms with Crippen LogP contribution in [0, 0.1) is 11.3 Å². The quantitative estimate of drug-likeness (QED) is 0.691. The highest BCUT2D eigenvalue weighted by Gasteiger charge is 2.26. The van der Waals surface area contributed by atoms with Crippen molar-refractivity contribution in [2.75, 3.05) is 0 Å². The molecule has 1 unspecified atom stereocenters. The lowest BCUT2D eigenvalue weighted by molar-refractivity contribution is -0.138. The Morgan fingerprint density at radius 1 is 1.20 bits per heavy atom. The monoisotopic (exact) mass is 352 g/mol. The number of H-pyrrole nitrogens is 1. The summed E-state index contributed by atoms with van der Waals surface area (Å²) in [5.41, 5.74) is 2.06. The van der Waals surface area contributed by atoms with Crippen LogP contribution in [-0.4, -0.2) is 21.8 Å². The Hall–Kier alpha value is -3.10. The highest BCUT2D eigenvalue weighted by atomic mass is 35.5. The third-order valence-electron chi connectivity index (χ3n) is 4.11. The van der Waals surface area contributed by atoms with Crippen molar-refractivity contribution in [3.05, 3.63) is 69.9 Å². The average Bonchev–Trinajstić information content (AvgIpc) is 2.98. The molecule has 3 aromatic rings. The van der Waals surface area contributed by atoms with Crippen molar-refractivity contribution in [3.63, 3.8) is 0 Å². The van der Waals surface area contributed by atoms with E-state index in [4.69, 9.17) is 16.9 Å². The number of aliphatic carboxylic acids is 1. The molecule has 0 saturated heterocycles. The summed E-state index contributed by atoms with van der Waals surface area (Å²) in [5, 5.41) is 19.4. The van der Waals surface area contributed by atoms with Gasteiger partial charge in [0.1, 0.15) is 0 Å². The van der Waals surface area contributed by atoms with Gasteiger partial charge in [-0.3, -0.25) is 9.59 Å². The van der Waals surface area contributed by atoms with Crippen LogP contribution < -0.4 is 0 Å². The number of hydrogen-bond donors (Lipinski definition) is 2. The number of carboxylic acid groups (broad SMARTS) is 1. The Balaban J connectivity index is 2.19. The van der Waals surface area contributed by atoms with Gasteiger partial charge in [0.2, 0.25) is 5.78 Å². The maximum atomic E-state index is 12.9. The van der Waals surface area contributed by atoms with Gasteiger partial charge in [-0.2, -0.15) is 5.26 Å². The SMILES string of the molecule is CC(C(=O)O)c1c(C(=O)c2ccc(C#N)cc2)[nH]c2cc(Cl)ccc12. The number of carbonyl (C=O) groups is 2. The summed E-state index contributed by atoms with van der Waals surface area (Å²) in [4.78, 5) is 27.4. The molecule has 0 aliphatic rings. The summed E-state index contributed by atoms with van der Waals surface area (Å²) in [6.07, 6.45) is 0. The predicted molar refractivity (Wildman–Crippen MR) is 93.9 cm³/mol. The molecule has 0 aliphatic heterocycles. The number of ketones is 1. The fourth-order valence-electron chi connectivity index (χ4n) is 2.78. The van der Waals surface area contributed by atoms with Gasteiger partial charge < -0.3 is 10.1 Å². The molecule has 2 aromatic carbocycles. The molecule has 3 rings (SSSR count). The fraction of sp³-hybridized carbons (Fsp3) is 0.105. The lowest BCUT2D eigenvalue weighted by Crippen LogP contribution is -2.13. The molecular weight excluding hydrogens is 340 g/mol. The van der Waals surface area contributed by atoms with Crippen molar-refractivity contribution in [2.45, 2.75) is 12.8 Å². The second-order valence-corrected chi connectivity index (χ2v) is 6.12. The molecule has 0 amide bonds. The fourth-order valence-corrected chi connectivity index (χ4v) is 2.96. The Morgan fingerprint density at radius 3 is 2.48 bits per heavy atom. The minimum absolute atomic E-state index is 0.219. The molecule has 2 N–H and O–H groups in total. The van der Waals surface area contributed by atoms with E-state index in [9.17, 15) is 14.7 Å². The zero-order valence-corrected chi connectivity index (χ0v) is 14.0. The van der Waals surface area contributed by atoms with Gasteiger partial charge in [0.15, 0.2) is 0 Å². The molecule has 0 fully saturated rings. The van der Waals surface area contributed by atoms with Crippen LogP contribution in [0.5, 0.6) is 0 Å². The van der Waals surface area contributed by atoms with Crippen LogP contribution in [0.2, 0.25) is 5.02 Å². The number of nitrogens with zero attached hydrogens (tertiary/aromatic N) is 1. The minimum atomic E-state index is -1.02. The van der Waals surface area contributed by atoms with E-state index >= 15 is 0 Å². The van der Waals surface area contributed by atoms with E-state index in [1.807, 2.05) is 6.07 Å². The maximum absolute atomic E-state index is 12.9. The van der Waals surface area contributed by atoms with Crippen LogP contribution >= 0.6 is 11.6 Å². The maximum Gasteiger partial charge on any atom is 0.310 e. The number of fused-ring (bicyclic) bond motifs is 1. The van der Waals surface area contributed by atoms with Crippen LogP contribution in [0.1, 0.15) is 40.0 Å². The number of rotatable bonds is 4. The molecule has 6 heteroatoms. The molecule has 0 radical (unpaired) electrons. The van der Waals surface area contributed by atoms with Gasteiger partial charge in [-0.15, -0.1) is 0 Å². The molecule has 5 nitrogen and oxygen atoms in total. The average molecular weight is 353 g/mol. The van der Waals surface area contributed by atoms with Crippen LogP contribution in [0.25, 0.3) is 10.9 Å². The largest absolute Gasteiger partial charge is 0.481 e. The van der Waals surface area contributed by atoms with Crippen molar-refractivity contribution in [1.29, 1.82) is 5.26 Å². The predicted octanol–water partition coefficient (Wildman–Crippen LogP) is 4.11. The first kappa shape index (κ1) is 16.7. The highest BCUT2D eigenvalue weighted by molar-refractivity contribution is 6.31. The smallest absolute Gasteiger partial charge is 0.310 e. The van der Waals surface area contributed by atoms with Gasteiger partial charge >= 0.3 is 5.97 Å². The van der Waals surface area contributed by atoms with Crippen LogP contribution in [0.15, 0.2) is 42.5 Å². The third-order valence-corrected chi connectivity index (χ3v) is 4.34. The Kier molecular flexibility index (Phi) is 4.30. The van der Waals surface area contributed by atoms with Crippen molar-refractivity contribution in [3.8, 4) is 6.07 Å². The topological polar surface area (TPSA) is 93.9 Å². The number of nitriles is 1. The van der Waals surface area contributed by atoms with Gasteiger partial charge in [0, 0.05) is 27.1 Å². The normalized spacial score (nSPS) is 11.9. The van der Waals surface area contributed by atoms with Crippen molar-refractivity contribution >= 4 is 34.3 Å². The van der Waals surface area contributed by atoms with Gasteiger partial charge in [-0.05, 0) is 43.3 Å². The second-order valence-electron chi connectivity index (χ2n) is 5.68. The van der Waals surface area contributed by atoms with E-state index in [0.717, 1.165) is 0 Å². The summed E-state index contributed by atoms with van der Waals surface area (Å²) in [6, 6.07) is 13.2. The van der Waals surface area contributed by atoms with Crippen LogP contribution in [0.4, 0.5) is 0 Å².